The largest absolute Gasteiger partial charge is 0.478 e. The second kappa shape index (κ2) is 5.01. The molecule has 1 rings (SSSR count). The third-order valence-corrected chi connectivity index (χ3v) is 2.65. The van der Waals surface area contributed by atoms with Crippen molar-refractivity contribution in [3.05, 3.63) is 34.9 Å². The summed E-state index contributed by atoms with van der Waals surface area (Å²) in [6, 6.07) is 5.55. The lowest BCUT2D eigenvalue weighted by molar-refractivity contribution is 0.0696. The maximum Gasteiger partial charge on any atom is 0.335 e. The van der Waals surface area contributed by atoms with E-state index in [0.717, 1.165) is 12.0 Å². The zero-order chi connectivity index (χ0) is 11.4. The minimum Gasteiger partial charge on any atom is -0.478 e. The van der Waals surface area contributed by atoms with Gasteiger partial charge in [-0.1, -0.05) is 31.7 Å². The van der Waals surface area contributed by atoms with Crippen LogP contribution in [0.2, 0.25) is 12.6 Å². The minimum absolute atomic E-state index is 0.395. The molecular formula is C12H16BO2. The molecule has 1 N–H and O–H groups in total. The highest BCUT2D eigenvalue weighted by molar-refractivity contribution is 6.35. The molecule has 0 aromatic heterocycles. The number of carboxylic acid groups (broad SMARTS) is 1. The summed E-state index contributed by atoms with van der Waals surface area (Å²) in [6.45, 7) is 6.04. The van der Waals surface area contributed by atoms with Gasteiger partial charge in [-0.2, -0.15) is 0 Å². The van der Waals surface area contributed by atoms with Gasteiger partial charge in [0, 0.05) is 0 Å². The minimum atomic E-state index is -0.853. The molecule has 1 aromatic carbocycles. The number of hydrogen-bond donors (Lipinski definition) is 1. The Morgan fingerprint density at radius 1 is 1.53 bits per heavy atom. The zero-order valence-electron chi connectivity index (χ0n) is 9.45. The monoisotopic (exact) mass is 203 g/mol. The van der Waals surface area contributed by atoms with E-state index in [1.165, 1.54) is 5.56 Å². The van der Waals surface area contributed by atoms with Crippen molar-refractivity contribution in [1.29, 1.82) is 0 Å². The van der Waals surface area contributed by atoms with E-state index in [-0.39, 0.29) is 0 Å². The van der Waals surface area contributed by atoms with Crippen molar-refractivity contribution in [2.75, 3.05) is 0 Å². The van der Waals surface area contributed by atoms with Crippen LogP contribution in [0.1, 0.15) is 28.4 Å². The van der Waals surface area contributed by atoms with Crippen LogP contribution in [0.5, 0.6) is 0 Å². The van der Waals surface area contributed by atoms with Crippen LogP contribution in [0.15, 0.2) is 18.2 Å². The lowest BCUT2D eigenvalue weighted by Gasteiger charge is -2.09. The van der Waals surface area contributed by atoms with E-state index in [9.17, 15) is 4.79 Å². The number of carbonyl (C=O) groups is 1. The first-order chi connectivity index (χ1) is 7.04. The maximum absolute atomic E-state index is 10.8. The number of benzene rings is 1. The number of hydrogen-bond acceptors (Lipinski definition) is 1. The molecule has 1 aromatic rings. The molecule has 3 heteroatoms. The molecule has 1 radical (unpaired) electrons. The van der Waals surface area contributed by atoms with Gasteiger partial charge in [0.15, 0.2) is 0 Å². The Morgan fingerprint density at radius 3 is 2.67 bits per heavy atom. The first kappa shape index (κ1) is 11.8. The molecule has 0 spiro atoms. The topological polar surface area (TPSA) is 37.3 Å². The first-order valence-corrected chi connectivity index (χ1v) is 5.17. The van der Waals surface area contributed by atoms with Crippen LogP contribution >= 0.6 is 0 Å². The molecule has 0 fully saturated rings. The lowest BCUT2D eigenvalue weighted by atomic mass is 9.65. The van der Waals surface area contributed by atoms with Gasteiger partial charge in [-0.25, -0.2) is 4.79 Å². The van der Waals surface area contributed by atoms with Crippen LogP contribution in [0, 0.1) is 6.92 Å². The molecule has 0 aliphatic heterocycles. The van der Waals surface area contributed by atoms with Crippen molar-refractivity contribution < 1.29 is 9.90 Å². The van der Waals surface area contributed by atoms with Crippen molar-refractivity contribution in [2.45, 2.75) is 32.9 Å². The van der Waals surface area contributed by atoms with E-state index < -0.39 is 5.97 Å². The number of rotatable bonds is 4. The maximum atomic E-state index is 10.8. The van der Waals surface area contributed by atoms with Gasteiger partial charge in [0.05, 0.1) is 5.56 Å². The normalized spacial score (nSPS) is 12.2. The number of aryl methyl sites for hydroxylation is 1. The molecule has 0 saturated carbocycles. The Kier molecular flexibility index (Phi) is 3.95. The molecule has 0 heterocycles. The van der Waals surface area contributed by atoms with Gasteiger partial charge in [-0.05, 0) is 30.5 Å². The standard InChI is InChI=1S/C12H16BO2/c1-8-6-10(7-9(2)13-3)4-5-11(8)12(14)15/h4-6,9H,7H2,1-3H3,(H,14,15). The SMILES string of the molecule is C[B]C(C)Cc1ccc(C(=O)O)c(C)c1. The average molecular weight is 203 g/mol. The van der Waals surface area contributed by atoms with E-state index in [4.69, 9.17) is 5.11 Å². The van der Waals surface area contributed by atoms with Gasteiger partial charge in [0.1, 0.15) is 7.28 Å². The number of carboxylic acids is 1. The second-order valence-corrected chi connectivity index (χ2v) is 3.97. The summed E-state index contributed by atoms with van der Waals surface area (Å²) in [7, 11) is 2.15. The average Bonchev–Trinajstić information content (AvgIpc) is 2.17. The molecule has 0 saturated heterocycles. The van der Waals surface area contributed by atoms with E-state index in [2.05, 4.69) is 14.2 Å². The summed E-state index contributed by atoms with van der Waals surface area (Å²) >= 11 is 0. The van der Waals surface area contributed by atoms with Crippen molar-refractivity contribution >= 4 is 13.2 Å². The van der Waals surface area contributed by atoms with Gasteiger partial charge in [0.2, 0.25) is 0 Å². The molecule has 2 nitrogen and oxygen atoms in total. The second-order valence-electron chi connectivity index (χ2n) is 3.97. The fraction of sp³-hybridized carbons (Fsp3) is 0.417. The molecule has 1 unspecified atom stereocenters. The molecule has 0 bridgehead atoms. The van der Waals surface area contributed by atoms with Crippen LogP contribution < -0.4 is 0 Å². The Morgan fingerprint density at radius 2 is 2.20 bits per heavy atom. The van der Waals surface area contributed by atoms with Gasteiger partial charge >= 0.3 is 5.97 Å². The summed E-state index contributed by atoms with van der Waals surface area (Å²) in [6.07, 6.45) is 0.969. The summed E-state index contributed by atoms with van der Waals surface area (Å²) in [5.74, 6) is -0.325. The smallest absolute Gasteiger partial charge is 0.335 e. The highest BCUT2D eigenvalue weighted by Gasteiger charge is 2.08. The van der Waals surface area contributed by atoms with Crippen molar-refractivity contribution in [2.24, 2.45) is 0 Å². The van der Waals surface area contributed by atoms with Crippen LogP contribution in [0.4, 0.5) is 0 Å². The van der Waals surface area contributed by atoms with Crippen molar-refractivity contribution in [3.8, 4) is 0 Å². The van der Waals surface area contributed by atoms with E-state index in [1.54, 1.807) is 6.07 Å². The molecule has 79 valence electrons. The molecule has 0 aliphatic carbocycles. The Balaban J connectivity index is 2.87. The van der Waals surface area contributed by atoms with Crippen LogP contribution in [-0.2, 0) is 6.42 Å². The summed E-state index contributed by atoms with van der Waals surface area (Å²) < 4.78 is 0. The number of aromatic carboxylic acids is 1. The molecule has 0 aliphatic rings. The van der Waals surface area contributed by atoms with Crippen molar-refractivity contribution in [1.82, 2.24) is 0 Å². The highest BCUT2D eigenvalue weighted by Crippen LogP contribution is 2.16. The van der Waals surface area contributed by atoms with Gasteiger partial charge in [0.25, 0.3) is 0 Å². The predicted octanol–water partition coefficient (Wildman–Crippen LogP) is 2.80. The predicted molar refractivity (Wildman–Crippen MR) is 62.9 cm³/mol. The third kappa shape index (κ3) is 3.12. The lowest BCUT2D eigenvalue weighted by Crippen LogP contribution is -2.03. The third-order valence-electron chi connectivity index (χ3n) is 2.65. The van der Waals surface area contributed by atoms with Crippen LogP contribution in [-0.4, -0.2) is 18.4 Å². The van der Waals surface area contributed by atoms with E-state index in [0.29, 0.717) is 11.4 Å². The van der Waals surface area contributed by atoms with Crippen LogP contribution in [0.3, 0.4) is 0 Å². The fourth-order valence-corrected chi connectivity index (χ4v) is 1.58. The Hall–Kier alpha value is -1.25. The van der Waals surface area contributed by atoms with Gasteiger partial charge in [-0.3, -0.25) is 0 Å². The van der Waals surface area contributed by atoms with Gasteiger partial charge in [-0.15, -0.1) is 0 Å². The molecule has 15 heavy (non-hydrogen) atoms. The molecule has 1 atom stereocenters. The Labute approximate surface area is 91.6 Å². The molecule has 0 amide bonds. The summed E-state index contributed by atoms with van der Waals surface area (Å²) in [4.78, 5) is 10.8. The quantitative estimate of drug-likeness (QED) is 0.764. The van der Waals surface area contributed by atoms with Crippen LogP contribution in [0.25, 0.3) is 0 Å². The Bertz CT molecular complexity index is 361. The van der Waals surface area contributed by atoms with E-state index >= 15 is 0 Å². The summed E-state index contributed by atoms with van der Waals surface area (Å²) in [5.41, 5.74) is 2.43. The van der Waals surface area contributed by atoms with E-state index in [1.807, 2.05) is 25.9 Å². The summed E-state index contributed by atoms with van der Waals surface area (Å²) in [5, 5.41) is 8.88. The fourth-order valence-electron chi connectivity index (χ4n) is 1.58. The molecular weight excluding hydrogens is 187 g/mol. The highest BCUT2D eigenvalue weighted by atomic mass is 16.4. The first-order valence-electron chi connectivity index (χ1n) is 5.17. The van der Waals surface area contributed by atoms with Gasteiger partial charge < -0.3 is 5.11 Å². The zero-order valence-corrected chi connectivity index (χ0v) is 9.45. The van der Waals surface area contributed by atoms with Crippen molar-refractivity contribution in [3.63, 3.8) is 0 Å².